The highest BCUT2D eigenvalue weighted by atomic mass is 127. The van der Waals surface area contributed by atoms with E-state index >= 15 is 0 Å². The maximum Gasteiger partial charge on any atom is 0.191 e. The first kappa shape index (κ1) is 21.8. The number of aryl methyl sites for hydroxylation is 2. The van der Waals surface area contributed by atoms with E-state index in [1.54, 1.807) is 0 Å². The molecule has 0 radical (unpaired) electrons. The molecule has 6 heteroatoms. The van der Waals surface area contributed by atoms with Crippen LogP contribution in [0.3, 0.4) is 0 Å². The van der Waals surface area contributed by atoms with E-state index in [2.05, 4.69) is 77.9 Å². The molecule has 25 heavy (non-hydrogen) atoms. The van der Waals surface area contributed by atoms with Gasteiger partial charge in [-0.05, 0) is 49.6 Å². The summed E-state index contributed by atoms with van der Waals surface area (Å²) in [7, 11) is 5.94. The minimum absolute atomic E-state index is 0. The quantitative estimate of drug-likeness (QED) is 0.277. The summed E-state index contributed by atoms with van der Waals surface area (Å²) < 4.78 is 0. The van der Waals surface area contributed by atoms with Crippen LogP contribution in [0.1, 0.15) is 21.7 Å². The monoisotopic (exact) mass is 472 g/mol. The lowest BCUT2D eigenvalue weighted by molar-refractivity contribution is 0.744. The number of nitrogens with zero attached hydrogens (tertiary/aromatic N) is 2. The first-order chi connectivity index (χ1) is 11.6. The first-order valence-corrected chi connectivity index (χ1v) is 9.16. The molecule has 0 fully saturated rings. The zero-order valence-corrected chi connectivity index (χ0v) is 18.7. The van der Waals surface area contributed by atoms with Crippen LogP contribution in [0.2, 0.25) is 0 Å². The molecule has 0 aliphatic carbocycles. The van der Waals surface area contributed by atoms with Crippen molar-refractivity contribution >= 4 is 47.0 Å². The number of aliphatic imine (C=N–C) groups is 1. The summed E-state index contributed by atoms with van der Waals surface area (Å²) >= 11 is 1.82. The lowest BCUT2D eigenvalue weighted by Gasteiger charge is -2.13. The second-order valence-electron chi connectivity index (χ2n) is 6.03. The standard InChI is InChI=1S/C19H28N4S.HI/c1-15-7-12-18(24-15)14-22-19(20-2)21-13-5-6-16-8-10-17(11-9-16)23(3)4;/h7-12H,5-6,13-14H2,1-4H3,(H2,20,21,22);1H. The molecule has 138 valence electrons. The zero-order valence-electron chi connectivity index (χ0n) is 15.5. The van der Waals surface area contributed by atoms with Gasteiger partial charge in [-0.2, -0.15) is 0 Å². The SMILES string of the molecule is CN=C(NCCCc1ccc(N(C)C)cc1)NCc1ccc(C)s1.I. The van der Waals surface area contributed by atoms with E-state index < -0.39 is 0 Å². The molecule has 0 atom stereocenters. The molecule has 1 aromatic heterocycles. The number of hydrogen-bond acceptors (Lipinski definition) is 3. The average molecular weight is 472 g/mol. The second-order valence-corrected chi connectivity index (χ2v) is 7.40. The number of anilines is 1. The predicted molar refractivity (Wildman–Crippen MR) is 122 cm³/mol. The Labute approximate surface area is 172 Å². The van der Waals surface area contributed by atoms with Crippen LogP contribution in [0.25, 0.3) is 0 Å². The van der Waals surface area contributed by atoms with Crippen LogP contribution in [-0.4, -0.2) is 33.6 Å². The molecule has 2 rings (SSSR count). The van der Waals surface area contributed by atoms with Gasteiger partial charge in [-0.15, -0.1) is 35.3 Å². The van der Waals surface area contributed by atoms with Crippen LogP contribution < -0.4 is 15.5 Å². The number of hydrogen-bond donors (Lipinski definition) is 2. The third-order valence-electron chi connectivity index (χ3n) is 3.84. The number of halogens is 1. The minimum atomic E-state index is 0. The molecule has 0 unspecified atom stereocenters. The van der Waals surface area contributed by atoms with E-state index in [-0.39, 0.29) is 24.0 Å². The highest BCUT2D eigenvalue weighted by molar-refractivity contribution is 14.0. The van der Waals surface area contributed by atoms with Gasteiger partial charge in [0.05, 0.1) is 6.54 Å². The van der Waals surface area contributed by atoms with Crippen molar-refractivity contribution in [2.45, 2.75) is 26.3 Å². The Balaban J connectivity index is 0.00000312. The van der Waals surface area contributed by atoms with Crippen LogP contribution in [0.4, 0.5) is 5.69 Å². The Morgan fingerprint density at radius 3 is 2.36 bits per heavy atom. The molecule has 0 aliphatic heterocycles. The third-order valence-corrected chi connectivity index (χ3v) is 4.84. The van der Waals surface area contributed by atoms with Crippen molar-refractivity contribution in [2.75, 3.05) is 32.6 Å². The molecule has 0 amide bonds. The molecule has 2 aromatic rings. The van der Waals surface area contributed by atoms with Gasteiger partial charge in [0.1, 0.15) is 0 Å². The van der Waals surface area contributed by atoms with Gasteiger partial charge >= 0.3 is 0 Å². The summed E-state index contributed by atoms with van der Waals surface area (Å²) in [6.07, 6.45) is 2.15. The van der Waals surface area contributed by atoms with Crippen LogP contribution in [0.5, 0.6) is 0 Å². The zero-order chi connectivity index (χ0) is 17.4. The van der Waals surface area contributed by atoms with E-state index in [0.717, 1.165) is 31.9 Å². The van der Waals surface area contributed by atoms with Crippen LogP contribution in [0, 0.1) is 6.92 Å². The predicted octanol–water partition coefficient (Wildman–Crippen LogP) is 4.04. The molecular formula is C19H29IN4S. The molecule has 0 aliphatic rings. The molecule has 1 aromatic carbocycles. The van der Waals surface area contributed by atoms with Crippen molar-refractivity contribution in [3.63, 3.8) is 0 Å². The van der Waals surface area contributed by atoms with Gasteiger partial charge in [0.25, 0.3) is 0 Å². The van der Waals surface area contributed by atoms with Crippen molar-refractivity contribution in [2.24, 2.45) is 4.99 Å². The van der Waals surface area contributed by atoms with Crippen LogP contribution in [0.15, 0.2) is 41.4 Å². The lowest BCUT2D eigenvalue weighted by atomic mass is 10.1. The van der Waals surface area contributed by atoms with Gasteiger partial charge in [0, 0.05) is 43.1 Å². The fourth-order valence-electron chi connectivity index (χ4n) is 2.43. The molecule has 0 spiro atoms. The van der Waals surface area contributed by atoms with E-state index in [1.807, 2.05) is 18.4 Å². The van der Waals surface area contributed by atoms with Gasteiger partial charge < -0.3 is 15.5 Å². The summed E-state index contributed by atoms with van der Waals surface area (Å²) in [5.41, 5.74) is 2.62. The molecule has 0 bridgehead atoms. The Morgan fingerprint density at radius 1 is 1.08 bits per heavy atom. The van der Waals surface area contributed by atoms with Crippen LogP contribution >= 0.6 is 35.3 Å². The third kappa shape index (κ3) is 7.64. The molecule has 4 nitrogen and oxygen atoms in total. The fraction of sp³-hybridized carbons (Fsp3) is 0.421. The Bertz CT molecular complexity index is 650. The van der Waals surface area contributed by atoms with E-state index in [4.69, 9.17) is 0 Å². The summed E-state index contributed by atoms with van der Waals surface area (Å²) in [6, 6.07) is 13.1. The Hall–Kier alpha value is -1.28. The molecule has 0 saturated heterocycles. The van der Waals surface area contributed by atoms with Gasteiger partial charge in [0.15, 0.2) is 5.96 Å². The largest absolute Gasteiger partial charge is 0.378 e. The highest BCUT2D eigenvalue weighted by Crippen LogP contribution is 2.14. The Morgan fingerprint density at radius 2 is 1.80 bits per heavy atom. The van der Waals surface area contributed by atoms with Crippen molar-refractivity contribution in [3.05, 3.63) is 51.7 Å². The van der Waals surface area contributed by atoms with Gasteiger partial charge in [-0.1, -0.05) is 12.1 Å². The van der Waals surface area contributed by atoms with Crippen LogP contribution in [-0.2, 0) is 13.0 Å². The number of benzene rings is 1. The number of rotatable bonds is 7. The number of thiophene rings is 1. The van der Waals surface area contributed by atoms with Gasteiger partial charge in [-0.3, -0.25) is 4.99 Å². The van der Waals surface area contributed by atoms with E-state index in [0.29, 0.717) is 0 Å². The summed E-state index contributed by atoms with van der Waals surface area (Å²) in [4.78, 5) is 9.07. The summed E-state index contributed by atoms with van der Waals surface area (Å²) in [5.74, 6) is 0.865. The van der Waals surface area contributed by atoms with Gasteiger partial charge in [-0.25, -0.2) is 0 Å². The van der Waals surface area contributed by atoms with Crippen molar-refractivity contribution in [3.8, 4) is 0 Å². The molecule has 0 saturated carbocycles. The van der Waals surface area contributed by atoms with Crippen molar-refractivity contribution in [1.82, 2.24) is 10.6 Å². The normalized spacial score (nSPS) is 11.0. The topological polar surface area (TPSA) is 39.7 Å². The minimum Gasteiger partial charge on any atom is -0.378 e. The average Bonchev–Trinajstić information content (AvgIpc) is 3.00. The van der Waals surface area contributed by atoms with E-state index in [9.17, 15) is 0 Å². The molecule has 1 heterocycles. The summed E-state index contributed by atoms with van der Waals surface area (Å²) in [5, 5.41) is 6.74. The highest BCUT2D eigenvalue weighted by Gasteiger charge is 2.01. The van der Waals surface area contributed by atoms with E-state index in [1.165, 1.54) is 21.0 Å². The number of nitrogens with one attached hydrogen (secondary N) is 2. The number of guanidine groups is 1. The van der Waals surface area contributed by atoms with Gasteiger partial charge in [0.2, 0.25) is 0 Å². The maximum absolute atomic E-state index is 4.28. The Kier molecular flexibility index (Phi) is 9.89. The second kappa shape index (κ2) is 11.4. The lowest BCUT2D eigenvalue weighted by Crippen LogP contribution is -2.37. The summed E-state index contributed by atoms with van der Waals surface area (Å²) in [6.45, 7) is 3.87. The van der Waals surface area contributed by atoms with Crippen molar-refractivity contribution in [1.29, 1.82) is 0 Å². The first-order valence-electron chi connectivity index (χ1n) is 8.34. The van der Waals surface area contributed by atoms with Crippen molar-refractivity contribution < 1.29 is 0 Å². The maximum atomic E-state index is 4.28. The molecular weight excluding hydrogens is 443 g/mol. The smallest absolute Gasteiger partial charge is 0.191 e. The molecule has 2 N–H and O–H groups in total. The fourth-order valence-corrected chi connectivity index (χ4v) is 3.26.